The number of hydrogen-bond acceptors (Lipinski definition) is 4. The third-order valence-electron chi connectivity index (χ3n) is 5.64. The van der Waals surface area contributed by atoms with Crippen LogP contribution in [-0.2, 0) is 6.18 Å². The number of nitrogens with zero attached hydrogens (tertiary/aromatic N) is 3. The molecule has 0 saturated heterocycles. The number of halogens is 3. The van der Waals surface area contributed by atoms with Gasteiger partial charge in [0.2, 0.25) is 0 Å². The van der Waals surface area contributed by atoms with Crippen LogP contribution in [0.15, 0.2) is 34.9 Å². The lowest BCUT2D eigenvalue weighted by Crippen LogP contribution is -2.35. The summed E-state index contributed by atoms with van der Waals surface area (Å²) in [5.74, 6) is 0.161. The Labute approximate surface area is 179 Å². The number of hydrogen-bond donors (Lipinski definition) is 0. The molecule has 166 valence electrons. The number of amides is 1. The number of rotatable bonds is 7. The minimum Gasteiger partial charge on any atom is -0.339 e. The number of fused-ring (bicyclic) bond motifs is 1. The lowest BCUT2D eigenvalue weighted by molar-refractivity contribution is -0.137. The number of carbonyl (C=O) groups is 1. The summed E-state index contributed by atoms with van der Waals surface area (Å²) < 4.78 is 44.8. The van der Waals surface area contributed by atoms with Crippen LogP contribution in [-0.4, -0.2) is 34.0 Å². The van der Waals surface area contributed by atoms with Gasteiger partial charge in [0.05, 0.1) is 27.9 Å². The van der Waals surface area contributed by atoms with Gasteiger partial charge >= 0.3 is 6.18 Å². The smallest absolute Gasteiger partial charge is 0.339 e. The van der Waals surface area contributed by atoms with Crippen LogP contribution in [0, 0.1) is 12.8 Å². The predicted molar refractivity (Wildman–Crippen MR) is 113 cm³/mol. The van der Waals surface area contributed by atoms with Crippen molar-refractivity contribution in [2.24, 2.45) is 5.92 Å². The molecule has 1 amide bonds. The molecule has 0 fully saturated rings. The highest BCUT2D eigenvalue weighted by Gasteiger charge is 2.31. The molecule has 0 atom stereocenters. The van der Waals surface area contributed by atoms with Crippen LogP contribution in [0.25, 0.3) is 22.4 Å². The molecule has 0 spiro atoms. The van der Waals surface area contributed by atoms with Gasteiger partial charge in [-0.25, -0.2) is 4.98 Å². The van der Waals surface area contributed by atoms with Crippen molar-refractivity contribution in [3.63, 3.8) is 0 Å². The summed E-state index contributed by atoms with van der Waals surface area (Å²) >= 11 is 0. The molecule has 1 aromatic carbocycles. The second-order valence-electron chi connectivity index (χ2n) is 7.61. The van der Waals surface area contributed by atoms with E-state index in [1.165, 1.54) is 12.1 Å². The molecule has 0 aliphatic heterocycles. The molecule has 0 aliphatic rings. The van der Waals surface area contributed by atoms with Crippen molar-refractivity contribution in [2.45, 2.75) is 46.7 Å². The largest absolute Gasteiger partial charge is 0.416 e. The van der Waals surface area contributed by atoms with Crippen molar-refractivity contribution in [3.8, 4) is 11.3 Å². The van der Waals surface area contributed by atoms with Crippen LogP contribution >= 0.6 is 0 Å². The Kier molecular flexibility index (Phi) is 6.67. The van der Waals surface area contributed by atoms with Gasteiger partial charge in [0.15, 0.2) is 0 Å². The molecule has 8 heteroatoms. The minimum absolute atomic E-state index is 0.134. The fourth-order valence-electron chi connectivity index (χ4n) is 3.65. The van der Waals surface area contributed by atoms with E-state index in [0.29, 0.717) is 35.7 Å². The lowest BCUT2D eigenvalue weighted by atomic mass is 10.0. The summed E-state index contributed by atoms with van der Waals surface area (Å²) in [6.45, 7) is 8.93. The maximum Gasteiger partial charge on any atom is 0.416 e. The Morgan fingerprint density at radius 2 is 1.87 bits per heavy atom. The van der Waals surface area contributed by atoms with Crippen molar-refractivity contribution in [1.82, 2.24) is 15.0 Å². The molecule has 31 heavy (non-hydrogen) atoms. The summed E-state index contributed by atoms with van der Waals surface area (Å²) in [6.07, 6.45) is -2.57. The minimum atomic E-state index is -4.48. The van der Waals surface area contributed by atoms with Gasteiger partial charge < -0.3 is 9.42 Å². The Hall–Kier alpha value is -2.90. The molecule has 0 unspecified atom stereocenters. The Morgan fingerprint density at radius 3 is 2.48 bits per heavy atom. The van der Waals surface area contributed by atoms with Crippen LogP contribution in [0.3, 0.4) is 0 Å². The standard InChI is InChI=1S/C23H26F3N3O2/c1-5-15(6-2)13-29(7-3)22(30)18-12-19(27-21-20(18)14(4)28-31-21)16-9-8-10-17(11-16)23(24,25)26/h8-12,15H,5-7,13H2,1-4H3. The number of aromatic nitrogens is 2. The lowest BCUT2D eigenvalue weighted by Gasteiger charge is -2.26. The monoisotopic (exact) mass is 433 g/mol. The van der Waals surface area contributed by atoms with Crippen LogP contribution in [0.1, 0.15) is 55.2 Å². The molecule has 0 radical (unpaired) electrons. The molecule has 0 aliphatic carbocycles. The number of alkyl halides is 3. The van der Waals surface area contributed by atoms with E-state index in [1.807, 2.05) is 6.92 Å². The summed E-state index contributed by atoms with van der Waals surface area (Å²) in [5, 5.41) is 4.41. The first-order valence-corrected chi connectivity index (χ1v) is 10.4. The molecule has 3 aromatic rings. The fourth-order valence-corrected chi connectivity index (χ4v) is 3.65. The first kappa shape index (κ1) is 22.8. The summed E-state index contributed by atoms with van der Waals surface area (Å²) in [5.41, 5.74) is 0.690. The number of carbonyl (C=O) groups excluding carboxylic acids is 1. The van der Waals surface area contributed by atoms with E-state index in [4.69, 9.17) is 4.52 Å². The highest BCUT2D eigenvalue weighted by Crippen LogP contribution is 2.33. The van der Waals surface area contributed by atoms with E-state index < -0.39 is 11.7 Å². The molecule has 5 nitrogen and oxygen atoms in total. The summed E-state index contributed by atoms with van der Waals surface area (Å²) in [4.78, 5) is 19.6. The predicted octanol–water partition coefficient (Wildman–Crippen LogP) is 6.12. The second kappa shape index (κ2) is 9.08. The van der Waals surface area contributed by atoms with Crippen LogP contribution in [0.2, 0.25) is 0 Å². The summed E-state index contributed by atoms with van der Waals surface area (Å²) in [6, 6.07) is 6.42. The number of benzene rings is 1. The van der Waals surface area contributed by atoms with Crippen molar-refractivity contribution in [2.75, 3.05) is 13.1 Å². The Bertz CT molecular complexity index is 1070. The molecular formula is C23H26F3N3O2. The van der Waals surface area contributed by atoms with Crippen molar-refractivity contribution in [3.05, 3.63) is 47.2 Å². The quantitative estimate of drug-likeness (QED) is 0.451. The molecule has 0 saturated carbocycles. The second-order valence-corrected chi connectivity index (χ2v) is 7.61. The summed E-state index contributed by atoms with van der Waals surface area (Å²) in [7, 11) is 0. The zero-order valence-electron chi connectivity index (χ0n) is 18.1. The van der Waals surface area contributed by atoms with Crippen molar-refractivity contribution < 1.29 is 22.5 Å². The van der Waals surface area contributed by atoms with E-state index in [2.05, 4.69) is 24.0 Å². The van der Waals surface area contributed by atoms with Crippen LogP contribution in [0.4, 0.5) is 13.2 Å². The van der Waals surface area contributed by atoms with Crippen molar-refractivity contribution >= 4 is 17.0 Å². The van der Waals surface area contributed by atoms with Gasteiger partial charge in [0.1, 0.15) is 0 Å². The third kappa shape index (κ3) is 4.73. The molecule has 3 rings (SSSR count). The van der Waals surface area contributed by atoms with E-state index >= 15 is 0 Å². The average Bonchev–Trinajstić information content (AvgIpc) is 3.14. The number of pyridine rings is 1. The Balaban J connectivity index is 2.12. The van der Waals surface area contributed by atoms with Gasteiger partial charge in [0, 0.05) is 18.7 Å². The zero-order chi connectivity index (χ0) is 22.8. The van der Waals surface area contributed by atoms with E-state index in [-0.39, 0.29) is 22.9 Å². The molecule has 2 aromatic heterocycles. The van der Waals surface area contributed by atoms with Gasteiger partial charge in [-0.1, -0.05) is 44.0 Å². The average molecular weight is 433 g/mol. The van der Waals surface area contributed by atoms with Crippen LogP contribution < -0.4 is 0 Å². The highest BCUT2D eigenvalue weighted by molar-refractivity contribution is 6.07. The van der Waals surface area contributed by atoms with E-state index in [0.717, 1.165) is 25.0 Å². The van der Waals surface area contributed by atoms with Gasteiger partial charge in [-0.15, -0.1) is 0 Å². The number of aryl methyl sites for hydroxylation is 1. The van der Waals surface area contributed by atoms with Crippen molar-refractivity contribution in [1.29, 1.82) is 0 Å². The van der Waals surface area contributed by atoms with E-state index in [9.17, 15) is 18.0 Å². The molecule has 0 bridgehead atoms. The van der Waals surface area contributed by atoms with Gasteiger partial charge in [-0.3, -0.25) is 4.79 Å². The third-order valence-corrected chi connectivity index (χ3v) is 5.64. The molecular weight excluding hydrogens is 407 g/mol. The van der Waals surface area contributed by atoms with Crippen LogP contribution in [0.5, 0.6) is 0 Å². The molecule has 2 heterocycles. The maximum absolute atomic E-state index is 13.5. The maximum atomic E-state index is 13.5. The topological polar surface area (TPSA) is 59.2 Å². The van der Waals surface area contributed by atoms with E-state index in [1.54, 1.807) is 17.9 Å². The van der Waals surface area contributed by atoms with Gasteiger partial charge in [0.25, 0.3) is 11.6 Å². The SMILES string of the molecule is CCC(CC)CN(CC)C(=O)c1cc(-c2cccc(C(F)(F)F)c2)nc2onc(C)c12. The molecule has 0 N–H and O–H groups in total. The first-order valence-electron chi connectivity index (χ1n) is 10.4. The normalized spacial score (nSPS) is 12.0. The zero-order valence-corrected chi connectivity index (χ0v) is 18.1. The highest BCUT2D eigenvalue weighted by atomic mass is 19.4. The fraction of sp³-hybridized carbons (Fsp3) is 0.435. The van der Waals surface area contributed by atoms with Gasteiger partial charge in [-0.05, 0) is 38.0 Å². The Morgan fingerprint density at radius 1 is 1.16 bits per heavy atom. The van der Waals surface area contributed by atoms with Gasteiger partial charge in [-0.2, -0.15) is 13.2 Å². The first-order chi connectivity index (χ1) is 14.7.